The van der Waals surface area contributed by atoms with Crippen LogP contribution in [0.3, 0.4) is 0 Å². The van der Waals surface area contributed by atoms with Crippen molar-refractivity contribution in [2.24, 2.45) is 0 Å². The molecule has 7 heteroatoms. The number of hydrogen-bond donors (Lipinski definition) is 0. The predicted molar refractivity (Wildman–Crippen MR) is 81.2 cm³/mol. The van der Waals surface area contributed by atoms with Gasteiger partial charge in [0.05, 0.1) is 6.54 Å². The summed E-state index contributed by atoms with van der Waals surface area (Å²) in [6, 6.07) is 6.58. The maximum absolute atomic E-state index is 12.1. The summed E-state index contributed by atoms with van der Waals surface area (Å²) in [5.41, 5.74) is 0.986. The summed E-state index contributed by atoms with van der Waals surface area (Å²) in [5.74, 6) is 1.48. The molecule has 0 saturated carbocycles. The van der Waals surface area contributed by atoms with Crippen molar-refractivity contribution < 1.29 is 18.0 Å². The minimum atomic E-state index is -2.80. The molecule has 1 aromatic heterocycles. The number of benzene rings is 1. The first-order valence-corrected chi connectivity index (χ1v) is 7.60. The minimum absolute atomic E-state index is 0.156. The van der Waals surface area contributed by atoms with Crippen LogP contribution in [0.1, 0.15) is 37.0 Å². The lowest BCUT2D eigenvalue weighted by Gasteiger charge is -2.14. The van der Waals surface area contributed by atoms with Gasteiger partial charge in [-0.05, 0) is 31.2 Å². The van der Waals surface area contributed by atoms with E-state index in [9.17, 15) is 8.78 Å². The van der Waals surface area contributed by atoms with Crippen LogP contribution in [0.4, 0.5) is 8.78 Å². The Bertz CT molecular complexity index is 587. The molecule has 1 aromatic carbocycles. The number of halogens is 2. The van der Waals surface area contributed by atoms with Crippen LogP contribution in [0, 0.1) is 0 Å². The average molecular weight is 325 g/mol. The first-order valence-electron chi connectivity index (χ1n) is 7.60. The topological polar surface area (TPSA) is 51.4 Å². The molecule has 0 bridgehead atoms. The van der Waals surface area contributed by atoms with Crippen LogP contribution in [0.5, 0.6) is 5.75 Å². The maximum atomic E-state index is 12.1. The lowest BCUT2D eigenvalue weighted by Crippen LogP contribution is -2.17. The molecule has 0 aliphatic heterocycles. The zero-order valence-corrected chi connectivity index (χ0v) is 13.3. The Kier molecular flexibility index (Phi) is 6.46. The van der Waals surface area contributed by atoms with Crippen LogP contribution in [0.15, 0.2) is 28.8 Å². The molecule has 23 heavy (non-hydrogen) atoms. The first kappa shape index (κ1) is 17.3. The molecule has 5 nitrogen and oxygen atoms in total. The molecule has 2 aromatic rings. The second-order valence-electron chi connectivity index (χ2n) is 5.40. The Morgan fingerprint density at radius 3 is 2.61 bits per heavy atom. The summed E-state index contributed by atoms with van der Waals surface area (Å²) in [6.45, 7) is 0.491. The van der Waals surface area contributed by atoms with Gasteiger partial charge in [-0.2, -0.15) is 13.8 Å². The molecule has 1 heterocycles. The number of alkyl halides is 2. The zero-order valence-electron chi connectivity index (χ0n) is 13.3. The second kappa shape index (κ2) is 8.57. The predicted octanol–water partition coefficient (Wildman–Crippen LogP) is 3.65. The maximum Gasteiger partial charge on any atom is 0.387 e. The molecule has 126 valence electrons. The smallest absolute Gasteiger partial charge is 0.387 e. The van der Waals surface area contributed by atoms with E-state index in [0.29, 0.717) is 19.0 Å². The van der Waals surface area contributed by atoms with E-state index in [0.717, 1.165) is 30.7 Å². The van der Waals surface area contributed by atoms with Gasteiger partial charge in [0.25, 0.3) is 0 Å². The number of aryl methyl sites for hydroxylation is 1. The van der Waals surface area contributed by atoms with Gasteiger partial charge in [-0.3, -0.25) is 4.90 Å². The fourth-order valence-electron chi connectivity index (χ4n) is 2.17. The number of hydrogen-bond acceptors (Lipinski definition) is 5. The van der Waals surface area contributed by atoms with Crippen LogP contribution >= 0.6 is 0 Å². The highest BCUT2D eigenvalue weighted by Gasteiger charge is 2.10. The Labute approximate surface area is 134 Å². The molecule has 0 aliphatic rings. The van der Waals surface area contributed by atoms with Gasteiger partial charge in [-0.1, -0.05) is 30.6 Å². The van der Waals surface area contributed by atoms with Gasteiger partial charge in [-0.15, -0.1) is 0 Å². The van der Waals surface area contributed by atoms with Crippen LogP contribution < -0.4 is 4.74 Å². The van der Waals surface area contributed by atoms with Crippen molar-refractivity contribution in [3.63, 3.8) is 0 Å². The summed E-state index contributed by atoms with van der Waals surface area (Å²) >= 11 is 0. The van der Waals surface area contributed by atoms with Crippen molar-refractivity contribution in [2.45, 2.75) is 45.9 Å². The van der Waals surface area contributed by atoms with Crippen molar-refractivity contribution in [1.29, 1.82) is 0 Å². The van der Waals surface area contributed by atoms with E-state index in [1.165, 1.54) is 12.1 Å². The highest BCUT2D eigenvalue weighted by Crippen LogP contribution is 2.16. The number of rotatable bonds is 9. The van der Waals surface area contributed by atoms with Crippen LogP contribution in [0.25, 0.3) is 0 Å². The Morgan fingerprint density at radius 1 is 1.22 bits per heavy atom. The highest BCUT2D eigenvalue weighted by molar-refractivity contribution is 5.27. The molecular weight excluding hydrogens is 304 g/mol. The Morgan fingerprint density at radius 2 is 1.96 bits per heavy atom. The molecule has 0 atom stereocenters. The van der Waals surface area contributed by atoms with Crippen molar-refractivity contribution in [2.75, 3.05) is 7.05 Å². The monoisotopic (exact) mass is 325 g/mol. The van der Waals surface area contributed by atoms with Crippen molar-refractivity contribution in [3.05, 3.63) is 41.5 Å². The summed E-state index contributed by atoms with van der Waals surface area (Å²) in [5, 5.41) is 3.95. The van der Waals surface area contributed by atoms with Gasteiger partial charge in [0.2, 0.25) is 5.89 Å². The van der Waals surface area contributed by atoms with E-state index in [4.69, 9.17) is 4.52 Å². The Hall–Kier alpha value is -2.02. The molecule has 0 N–H and O–H groups in total. The minimum Gasteiger partial charge on any atom is -0.435 e. The highest BCUT2D eigenvalue weighted by atomic mass is 19.3. The molecule has 0 aliphatic carbocycles. The lowest BCUT2D eigenvalue weighted by atomic mass is 10.2. The average Bonchev–Trinajstić information content (AvgIpc) is 2.94. The third-order valence-corrected chi connectivity index (χ3v) is 3.27. The van der Waals surface area contributed by atoms with Crippen molar-refractivity contribution >= 4 is 0 Å². The SMILES string of the molecule is CCCCc1noc(CN(C)Cc2ccc(OC(F)F)cc2)n1. The fourth-order valence-corrected chi connectivity index (χ4v) is 2.17. The molecule has 0 spiro atoms. The van der Waals surface area contributed by atoms with Crippen molar-refractivity contribution in [3.8, 4) is 5.75 Å². The van der Waals surface area contributed by atoms with E-state index in [2.05, 4.69) is 21.8 Å². The van der Waals surface area contributed by atoms with Crippen molar-refractivity contribution in [1.82, 2.24) is 15.0 Å². The van der Waals surface area contributed by atoms with E-state index in [1.807, 2.05) is 11.9 Å². The third-order valence-electron chi connectivity index (χ3n) is 3.27. The molecule has 0 radical (unpaired) electrons. The Balaban J connectivity index is 1.84. The molecule has 0 amide bonds. The van der Waals surface area contributed by atoms with Crippen LogP contribution in [-0.2, 0) is 19.5 Å². The van der Waals surface area contributed by atoms with E-state index in [1.54, 1.807) is 12.1 Å². The standard InChI is InChI=1S/C16H21F2N3O2/c1-3-4-5-14-19-15(23-20-14)11-21(2)10-12-6-8-13(9-7-12)22-16(17)18/h6-9,16H,3-5,10-11H2,1-2H3. The van der Waals surface area contributed by atoms with E-state index in [-0.39, 0.29) is 5.75 Å². The van der Waals surface area contributed by atoms with E-state index >= 15 is 0 Å². The number of unbranched alkanes of at least 4 members (excludes halogenated alkanes) is 1. The summed E-state index contributed by atoms with van der Waals surface area (Å²) < 4.78 is 33.7. The van der Waals surface area contributed by atoms with E-state index < -0.39 is 6.61 Å². The van der Waals surface area contributed by atoms with Gasteiger partial charge < -0.3 is 9.26 Å². The normalized spacial score (nSPS) is 11.4. The van der Waals surface area contributed by atoms with Crippen LogP contribution in [0.2, 0.25) is 0 Å². The summed E-state index contributed by atoms with van der Waals surface area (Å²) in [6.07, 6.45) is 2.96. The number of nitrogens with zero attached hydrogens (tertiary/aromatic N) is 3. The largest absolute Gasteiger partial charge is 0.435 e. The lowest BCUT2D eigenvalue weighted by molar-refractivity contribution is -0.0498. The van der Waals surface area contributed by atoms with Gasteiger partial charge >= 0.3 is 6.61 Å². The van der Waals surface area contributed by atoms with Gasteiger partial charge in [0.1, 0.15) is 5.75 Å². The summed E-state index contributed by atoms with van der Waals surface area (Å²) in [4.78, 5) is 6.37. The van der Waals surface area contributed by atoms with Gasteiger partial charge in [0.15, 0.2) is 5.82 Å². The number of ether oxygens (including phenoxy) is 1. The summed E-state index contributed by atoms with van der Waals surface area (Å²) in [7, 11) is 1.93. The van der Waals surface area contributed by atoms with Gasteiger partial charge in [-0.25, -0.2) is 0 Å². The zero-order chi connectivity index (χ0) is 16.7. The molecular formula is C16H21F2N3O2. The van der Waals surface area contributed by atoms with Gasteiger partial charge in [0, 0.05) is 13.0 Å². The molecule has 0 fully saturated rings. The molecule has 2 rings (SSSR count). The second-order valence-corrected chi connectivity index (χ2v) is 5.40. The fraction of sp³-hybridized carbons (Fsp3) is 0.500. The first-order chi connectivity index (χ1) is 11.1. The quantitative estimate of drug-likeness (QED) is 0.704. The van der Waals surface area contributed by atoms with Crippen LogP contribution in [-0.4, -0.2) is 28.7 Å². The molecule has 0 unspecified atom stereocenters. The number of aromatic nitrogens is 2. The molecule has 0 saturated heterocycles. The third kappa shape index (κ3) is 5.94.